The zero-order valence-corrected chi connectivity index (χ0v) is 16.2. The summed E-state index contributed by atoms with van der Waals surface area (Å²) in [6.45, 7) is 1.42. The quantitative estimate of drug-likeness (QED) is 0.707. The van der Waals surface area contributed by atoms with Crippen LogP contribution in [0.2, 0.25) is 5.02 Å². The van der Waals surface area contributed by atoms with Crippen LogP contribution in [0.3, 0.4) is 0 Å². The summed E-state index contributed by atoms with van der Waals surface area (Å²) < 4.78 is 0. The second-order valence-electron chi connectivity index (χ2n) is 6.78. The third-order valence-corrected chi connectivity index (χ3v) is 5.08. The van der Waals surface area contributed by atoms with E-state index in [2.05, 4.69) is 38.4 Å². The van der Waals surface area contributed by atoms with Crippen molar-refractivity contribution in [2.24, 2.45) is 0 Å². The predicted molar refractivity (Wildman–Crippen MR) is 111 cm³/mol. The molecule has 1 aliphatic heterocycles. The molecule has 0 bridgehead atoms. The minimum Gasteiger partial charge on any atom is -0.350 e. The number of carbonyl (C=O) groups is 1. The van der Waals surface area contributed by atoms with Crippen LogP contribution in [0.15, 0.2) is 60.9 Å². The Morgan fingerprint density at radius 2 is 2.00 bits per heavy atom. The third-order valence-electron chi connectivity index (χ3n) is 4.85. The molecule has 0 radical (unpaired) electrons. The van der Waals surface area contributed by atoms with Crippen LogP contribution in [0.1, 0.15) is 28.0 Å². The van der Waals surface area contributed by atoms with Gasteiger partial charge in [-0.25, -0.2) is 9.97 Å². The summed E-state index contributed by atoms with van der Waals surface area (Å²) in [4.78, 5) is 23.3. The number of amides is 1. The monoisotopic (exact) mass is 392 g/mol. The summed E-state index contributed by atoms with van der Waals surface area (Å²) in [5.74, 6) is 0.544. The fraction of sp³-hybridized carbons (Fsp3) is 0.227. The summed E-state index contributed by atoms with van der Waals surface area (Å²) >= 11 is 5.98. The van der Waals surface area contributed by atoms with Crippen molar-refractivity contribution in [2.45, 2.75) is 19.3 Å². The Kier molecular flexibility index (Phi) is 5.53. The van der Waals surface area contributed by atoms with Gasteiger partial charge in [0.05, 0.1) is 12.4 Å². The van der Waals surface area contributed by atoms with Gasteiger partial charge in [0.1, 0.15) is 5.69 Å². The van der Waals surface area contributed by atoms with Crippen molar-refractivity contribution in [2.75, 3.05) is 18.0 Å². The largest absolute Gasteiger partial charge is 0.350 e. The molecule has 28 heavy (non-hydrogen) atoms. The average Bonchev–Trinajstić information content (AvgIpc) is 2.73. The minimum atomic E-state index is -0.222. The number of nitrogens with zero attached hydrogens (tertiary/aromatic N) is 3. The molecule has 0 saturated carbocycles. The van der Waals surface area contributed by atoms with Crippen LogP contribution in [0.4, 0.5) is 11.5 Å². The van der Waals surface area contributed by atoms with Crippen LogP contribution in [0.25, 0.3) is 0 Å². The maximum Gasteiger partial charge on any atom is 0.271 e. The van der Waals surface area contributed by atoms with Gasteiger partial charge in [0, 0.05) is 23.8 Å². The van der Waals surface area contributed by atoms with Crippen molar-refractivity contribution < 1.29 is 4.79 Å². The van der Waals surface area contributed by atoms with Gasteiger partial charge in [0.25, 0.3) is 5.91 Å². The second-order valence-corrected chi connectivity index (χ2v) is 7.22. The van der Waals surface area contributed by atoms with Gasteiger partial charge < -0.3 is 10.2 Å². The highest BCUT2D eigenvalue weighted by Gasteiger charge is 2.19. The molecule has 2 aromatic carbocycles. The van der Waals surface area contributed by atoms with E-state index in [1.807, 2.05) is 30.3 Å². The van der Waals surface area contributed by atoms with Crippen molar-refractivity contribution in [3.63, 3.8) is 0 Å². The second kappa shape index (κ2) is 8.40. The van der Waals surface area contributed by atoms with Gasteiger partial charge in [-0.3, -0.25) is 4.79 Å². The molecule has 5 nitrogen and oxygen atoms in total. The normalized spacial score (nSPS) is 13.1. The van der Waals surface area contributed by atoms with Crippen molar-refractivity contribution in [3.05, 3.63) is 82.8 Å². The van der Waals surface area contributed by atoms with Gasteiger partial charge >= 0.3 is 0 Å². The third kappa shape index (κ3) is 4.15. The van der Waals surface area contributed by atoms with Crippen molar-refractivity contribution >= 4 is 29.0 Å². The lowest BCUT2D eigenvalue weighted by Crippen LogP contribution is -2.28. The first-order chi connectivity index (χ1) is 13.7. The van der Waals surface area contributed by atoms with E-state index in [0.717, 1.165) is 30.8 Å². The molecule has 1 N–H and O–H groups in total. The zero-order chi connectivity index (χ0) is 19.3. The number of aryl methyl sites for hydroxylation is 1. The van der Waals surface area contributed by atoms with Crippen LogP contribution in [0.5, 0.6) is 0 Å². The Morgan fingerprint density at radius 1 is 1.11 bits per heavy atom. The lowest BCUT2D eigenvalue weighted by Gasteiger charge is -2.30. The van der Waals surface area contributed by atoms with E-state index in [1.54, 1.807) is 12.4 Å². The molecule has 0 unspecified atom stereocenters. The maximum absolute atomic E-state index is 12.3. The van der Waals surface area contributed by atoms with E-state index in [4.69, 9.17) is 11.6 Å². The Hall–Kier alpha value is -2.92. The molecule has 0 spiro atoms. The molecule has 1 aliphatic rings. The van der Waals surface area contributed by atoms with Gasteiger partial charge in [-0.15, -0.1) is 0 Å². The number of hydrogen-bond acceptors (Lipinski definition) is 4. The van der Waals surface area contributed by atoms with Crippen LogP contribution in [0, 0.1) is 0 Å². The fourth-order valence-electron chi connectivity index (χ4n) is 3.45. The summed E-state index contributed by atoms with van der Waals surface area (Å²) in [5.41, 5.74) is 3.89. The van der Waals surface area contributed by atoms with Crippen LogP contribution >= 0.6 is 11.6 Å². The summed E-state index contributed by atoms with van der Waals surface area (Å²) in [6.07, 6.45) is 6.08. The number of carbonyl (C=O) groups excluding carboxylic acids is 1. The predicted octanol–water partition coefficient (Wildman–Crippen LogP) is 4.19. The first kappa shape index (κ1) is 18.4. The number of rotatable bonds is 5. The Bertz CT molecular complexity index is 974. The molecular formula is C22H21ClN4O. The van der Waals surface area contributed by atoms with E-state index in [-0.39, 0.29) is 5.91 Å². The summed E-state index contributed by atoms with van der Waals surface area (Å²) in [5, 5.41) is 3.58. The van der Waals surface area contributed by atoms with Crippen LogP contribution < -0.4 is 10.2 Å². The van der Waals surface area contributed by atoms with E-state index in [9.17, 15) is 4.79 Å². The molecular weight excluding hydrogens is 372 g/mol. The maximum atomic E-state index is 12.3. The average molecular weight is 393 g/mol. The van der Waals surface area contributed by atoms with Gasteiger partial charge in [0.2, 0.25) is 0 Å². The molecule has 1 aromatic heterocycles. The van der Waals surface area contributed by atoms with Gasteiger partial charge in [-0.1, -0.05) is 41.9 Å². The molecule has 0 atom stereocenters. The molecule has 1 amide bonds. The molecule has 142 valence electrons. The van der Waals surface area contributed by atoms with E-state index in [0.29, 0.717) is 23.7 Å². The number of benzene rings is 2. The van der Waals surface area contributed by atoms with Crippen LogP contribution in [-0.2, 0) is 12.8 Å². The molecule has 6 heteroatoms. The van der Waals surface area contributed by atoms with Crippen molar-refractivity contribution in [1.82, 2.24) is 15.3 Å². The Morgan fingerprint density at radius 3 is 2.82 bits per heavy atom. The van der Waals surface area contributed by atoms with Crippen molar-refractivity contribution in [3.8, 4) is 0 Å². The molecule has 3 aromatic rings. The number of para-hydroxylation sites is 1. The molecule has 0 saturated heterocycles. The summed E-state index contributed by atoms with van der Waals surface area (Å²) in [7, 11) is 0. The number of halogens is 1. The SMILES string of the molecule is O=C(NCCc1cccc(Cl)c1)c1cnc(N2CCCc3ccccc32)cn1. The Labute approximate surface area is 169 Å². The topological polar surface area (TPSA) is 58.1 Å². The fourth-order valence-corrected chi connectivity index (χ4v) is 3.67. The lowest BCUT2D eigenvalue weighted by molar-refractivity contribution is 0.0949. The summed E-state index contributed by atoms with van der Waals surface area (Å²) in [6, 6.07) is 16.0. The number of hydrogen-bond donors (Lipinski definition) is 1. The lowest BCUT2D eigenvalue weighted by atomic mass is 10.0. The van der Waals surface area contributed by atoms with E-state index >= 15 is 0 Å². The van der Waals surface area contributed by atoms with E-state index in [1.165, 1.54) is 11.3 Å². The van der Waals surface area contributed by atoms with E-state index < -0.39 is 0 Å². The van der Waals surface area contributed by atoms with Gasteiger partial charge in [-0.05, 0) is 48.6 Å². The first-order valence-corrected chi connectivity index (χ1v) is 9.78. The molecule has 2 heterocycles. The number of anilines is 2. The highest BCUT2D eigenvalue weighted by molar-refractivity contribution is 6.30. The molecule has 0 aliphatic carbocycles. The Balaban J connectivity index is 1.39. The number of nitrogens with one attached hydrogen (secondary N) is 1. The highest BCUT2D eigenvalue weighted by atomic mass is 35.5. The van der Waals surface area contributed by atoms with Crippen molar-refractivity contribution in [1.29, 1.82) is 0 Å². The molecule has 0 fully saturated rings. The van der Waals surface area contributed by atoms with Gasteiger partial charge in [-0.2, -0.15) is 0 Å². The highest BCUT2D eigenvalue weighted by Crippen LogP contribution is 2.31. The standard InChI is InChI=1S/C22H21ClN4O/c23-18-8-3-5-16(13-18)10-11-24-22(28)19-14-26-21(15-25-19)27-12-4-7-17-6-1-2-9-20(17)27/h1-3,5-6,8-9,13-15H,4,7,10-12H2,(H,24,28). The zero-order valence-electron chi connectivity index (χ0n) is 15.4. The number of fused-ring (bicyclic) bond motifs is 1. The minimum absolute atomic E-state index is 0.222. The smallest absolute Gasteiger partial charge is 0.271 e. The van der Waals surface area contributed by atoms with Gasteiger partial charge in [0.15, 0.2) is 5.82 Å². The first-order valence-electron chi connectivity index (χ1n) is 9.41. The van der Waals surface area contributed by atoms with Crippen LogP contribution in [-0.4, -0.2) is 29.0 Å². The molecule has 4 rings (SSSR count). The number of aromatic nitrogens is 2.